The fraction of sp³-hybridized carbons (Fsp3) is 0.231. The summed E-state index contributed by atoms with van der Waals surface area (Å²) in [5.41, 5.74) is 0.608. The normalized spacial score (nSPS) is 15.2. The number of anilines is 2. The molecule has 204 valence electrons. The lowest BCUT2D eigenvalue weighted by Gasteiger charge is -2.25. The Hall–Kier alpha value is -3.35. The van der Waals surface area contributed by atoms with Crippen molar-refractivity contribution >= 4 is 62.2 Å². The third kappa shape index (κ3) is 7.84. The van der Waals surface area contributed by atoms with Crippen LogP contribution in [0.3, 0.4) is 0 Å². The van der Waals surface area contributed by atoms with Crippen LogP contribution in [0.5, 0.6) is 0 Å². The second-order valence-electron chi connectivity index (χ2n) is 8.80. The molecule has 4 rings (SSSR count). The summed E-state index contributed by atoms with van der Waals surface area (Å²) < 4.78 is 17.1. The summed E-state index contributed by atoms with van der Waals surface area (Å²) in [6.07, 6.45) is 2.79. The summed E-state index contributed by atoms with van der Waals surface area (Å²) in [7, 11) is -3.00. The Labute approximate surface area is 236 Å². The fourth-order valence-electron chi connectivity index (χ4n) is 3.84. The number of nitrogens with zero attached hydrogens (tertiary/aromatic N) is 3. The van der Waals surface area contributed by atoms with Crippen LogP contribution in [0.1, 0.15) is 20.7 Å². The number of hydrogen-bond acceptors (Lipinski definition) is 7. The molecule has 3 N–H and O–H groups in total. The van der Waals surface area contributed by atoms with Crippen LogP contribution in [0.25, 0.3) is 0 Å². The van der Waals surface area contributed by atoms with Crippen molar-refractivity contribution in [1.29, 1.82) is 0 Å². The van der Waals surface area contributed by atoms with Crippen LogP contribution >= 0.6 is 23.2 Å². The SMILES string of the molecule is CS(=O)(=NC(=O)CN1CCNCC1)c1ccc(C(=O)Nc2ccc(Cl)cc2C(=O)Nc2ccc(Cl)cn2)cc1. The van der Waals surface area contributed by atoms with Gasteiger partial charge in [0.2, 0.25) is 0 Å². The molecule has 13 heteroatoms. The van der Waals surface area contributed by atoms with Crippen LogP contribution in [0.15, 0.2) is 70.1 Å². The van der Waals surface area contributed by atoms with Gasteiger partial charge in [-0.25, -0.2) is 9.19 Å². The Morgan fingerprint density at radius 2 is 1.67 bits per heavy atom. The molecule has 3 amide bonds. The smallest absolute Gasteiger partial charge is 0.268 e. The maximum atomic E-state index is 13.1. The highest BCUT2D eigenvalue weighted by molar-refractivity contribution is 7.93. The first-order valence-electron chi connectivity index (χ1n) is 11.9. The molecule has 39 heavy (non-hydrogen) atoms. The van der Waals surface area contributed by atoms with Crippen molar-refractivity contribution in [1.82, 2.24) is 15.2 Å². The third-order valence-electron chi connectivity index (χ3n) is 5.84. The summed E-state index contributed by atoms with van der Waals surface area (Å²) >= 11 is 11.9. The number of hydrogen-bond donors (Lipinski definition) is 3. The summed E-state index contributed by atoms with van der Waals surface area (Å²) in [5.74, 6) is -1.21. The molecular weight excluding hydrogens is 563 g/mol. The molecule has 2 heterocycles. The van der Waals surface area contributed by atoms with E-state index in [2.05, 4.69) is 25.3 Å². The number of carbonyl (C=O) groups excluding carboxylic acids is 3. The molecule has 1 aliphatic heterocycles. The van der Waals surface area contributed by atoms with Crippen LogP contribution in [0.4, 0.5) is 11.5 Å². The van der Waals surface area contributed by atoms with E-state index in [1.165, 1.54) is 48.9 Å². The first-order valence-corrected chi connectivity index (χ1v) is 14.6. The molecule has 2 aromatic carbocycles. The zero-order chi connectivity index (χ0) is 28.0. The molecule has 1 fully saturated rings. The number of carbonyl (C=O) groups is 3. The number of aromatic nitrogens is 1. The largest absolute Gasteiger partial charge is 0.321 e. The van der Waals surface area contributed by atoms with E-state index in [9.17, 15) is 18.6 Å². The van der Waals surface area contributed by atoms with E-state index in [1.54, 1.807) is 18.2 Å². The van der Waals surface area contributed by atoms with Crippen LogP contribution in [-0.4, -0.2) is 70.8 Å². The Morgan fingerprint density at radius 1 is 0.974 bits per heavy atom. The Morgan fingerprint density at radius 3 is 2.33 bits per heavy atom. The predicted molar refractivity (Wildman–Crippen MR) is 152 cm³/mol. The monoisotopic (exact) mass is 588 g/mol. The summed E-state index contributed by atoms with van der Waals surface area (Å²) in [6, 6.07) is 13.6. The van der Waals surface area contributed by atoms with Crippen molar-refractivity contribution in [3.63, 3.8) is 0 Å². The number of amides is 3. The van der Waals surface area contributed by atoms with Gasteiger partial charge in [0.05, 0.1) is 32.5 Å². The average molecular weight is 590 g/mol. The minimum Gasteiger partial charge on any atom is -0.321 e. The van der Waals surface area contributed by atoms with E-state index >= 15 is 0 Å². The van der Waals surface area contributed by atoms with Crippen molar-refractivity contribution in [2.45, 2.75) is 4.90 Å². The van der Waals surface area contributed by atoms with Crippen molar-refractivity contribution in [3.8, 4) is 0 Å². The van der Waals surface area contributed by atoms with Crippen molar-refractivity contribution in [3.05, 3.63) is 82.0 Å². The number of halogens is 2. The lowest BCUT2D eigenvalue weighted by molar-refractivity contribution is -0.118. The van der Waals surface area contributed by atoms with E-state index in [0.29, 0.717) is 14.9 Å². The standard InChI is InChI=1S/C26H26Cl2N6O4S/c1-39(38,33-24(35)16-34-12-10-29-11-13-34)20-6-2-17(3-7-20)25(36)31-22-8-4-18(27)14-21(22)26(37)32-23-9-5-19(28)15-30-23/h2-9,14-15,29H,10-13,16H2,1H3,(H,31,36)(H,30,32,37). The summed E-state index contributed by atoms with van der Waals surface area (Å²) in [4.78, 5) is 44.6. The third-order valence-corrected chi connectivity index (χ3v) is 8.00. The van der Waals surface area contributed by atoms with Gasteiger partial charge in [0, 0.05) is 54.1 Å². The molecular formula is C26H26Cl2N6O4S. The van der Waals surface area contributed by atoms with Gasteiger partial charge in [-0.1, -0.05) is 23.2 Å². The van der Waals surface area contributed by atoms with Gasteiger partial charge in [-0.05, 0) is 54.6 Å². The van der Waals surface area contributed by atoms with E-state index in [1.807, 2.05) is 4.90 Å². The Kier molecular flexibility index (Phi) is 9.31. The molecule has 0 saturated carbocycles. The number of rotatable bonds is 7. The zero-order valence-electron chi connectivity index (χ0n) is 20.9. The predicted octanol–water partition coefficient (Wildman–Crippen LogP) is 3.78. The number of pyridine rings is 1. The molecule has 0 radical (unpaired) electrons. The van der Waals surface area contributed by atoms with Gasteiger partial charge in [0.25, 0.3) is 17.7 Å². The minimum absolute atomic E-state index is 0.109. The molecule has 0 spiro atoms. The Bertz CT molecular complexity index is 1500. The molecule has 1 aromatic heterocycles. The van der Waals surface area contributed by atoms with Gasteiger partial charge in [0.15, 0.2) is 0 Å². The average Bonchev–Trinajstić information content (AvgIpc) is 2.91. The lowest BCUT2D eigenvalue weighted by atomic mass is 10.1. The molecule has 0 aliphatic carbocycles. The molecule has 1 aliphatic rings. The first kappa shape index (κ1) is 28.7. The summed E-state index contributed by atoms with van der Waals surface area (Å²) in [5, 5.41) is 9.28. The van der Waals surface area contributed by atoms with Crippen LogP contribution in [-0.2, 0) is 14.5 Å². The van der Waals surface area contributed by atoms with Crippen LogP contribution in [0, 0.1) is 0 Å². The van der Waals surface area contributed by atoms with E-state index in [0.717, 1.165) is 26.2 Å². The van der Waals surface area contributed by atoms with Gasteiger partial charge >= 0.3 is 0 Å². The maximum absolute atomic E-state index is 13.1. The molecule has 1 saturated heterocycles. The number of benzene rings is 2. The summed E-state index contributed by atoms with van der Waals surface area (Å²) in [6.45, 7) is 3.15. The van der Waals surface area contributed by atoms with E-state index in [-0.39, 0.29) is 29.2 Å². The highest BCUT2D eigenvalue weighted by Gasteiger charge is 2.18. The van der Waals surface area contributed by atoms with Gasteiger partial charge < -0.3 is 16.0 Å². The fourth-order valence-corrected chi connectivity index (χ4v) is 5.31. The molecule has 10 nitrogen and oxygen atoms in total. The Balaban J connectivity index is 1.46. The van der Waals surface area contributed by atoms with Gasteiger partial charge in [0.1, 0.15) is 5.82 Å². The topological polar surface area (TPSA) is 133 Å². The number of nitrogens with one attached hydrogen (secondary N) is 3. The molecule has 0 bridgehead atoms. The quantitative estimate of drug-likeness (QED) is 0.382. The van der Waals surface area contributed by atoms with Crippen molar-refractivity contribution in [2.75, 3.05) is 49.6 Å². The van der Waals surface area contributed by atoms with Crippen molar-refractivity contribution < 1.29 is 18.6 Å². The maximum Gasteiger partial charge on any atom is 0.268 e. The minimum atomic E-state index is -3.00. The molecule has 1 unspecified atom stereocenters. The van der Waals surface area contributed by atoms with E-state index in [4.69, 9.17) is 23.2 Å². The zero-order valence-corrected chi connectivity index (χ0v) is 23.3. The first-order chi connectivity index (χ1) is 18.6. The van der Waals surface area contributed by atoms with Gasteiger partial charge in [-0.2, -0.15) is 4.36 Å². The van der Waals surface area contributed by atoms with Gasteiger partial charge in [-0.15, -0.1) is 0 Å². The van der Waals surface area contributed by atoms with Gasteiger partial charge in [-0.3, -0.25) is 19.3 Å². The molecule has 1 atom stereocenters. The van der Waals surface area contributed by atoms with Crippen LogP contribution in [0.2, 0.25) is 10.0 Å². The second kappa shape index (κ2) is 12.7. The van der Waals surface area contributed by atoms with Crippen molar-refractivity contribution in [2.24, 2.45) is 4.36 Å². The molecule has 3 aromatic rings. The second-order valence-corrected chi connectivity index (χ2v) is 11.9. The highest BCUT2D eigenvalue weighted by atomic mass is 35.5. The lowest BCUT2D eigenvalue weighted by Crippen LogP contribution is -2.45. The van der Waals surface area contributed by atoms with Crippen LogP contribution < -0.4 is 16.0 Å². The number of piperazine rings is 1. The van der Waals surface area contributed by atoms with E-state index < -0.39 is 27.5 Å². The highest BCUT2D eigenvalue weighted by Crippen LogP contribution is 2.23.